The van der Waals surface area contributed by atoms with Gasteiger partial charge in [-0.25, -0.2) is 0 Å². The summed E-state index contributed by atoms with van der Waals surface area (Å²) in [6.45, 7) is 8.25. The maximum absolute atomic E-state index is 5.71. The maximum atomic E-state index is 5.71. The lowest BCUT2D eigenvalue weighted by Crippen LogP contribution is -2.40. The van der Waals surface area contributed by atoms with Crippen LogP contribution in [-0.4, -0.2) is 64.0 Å². The lowest BCUT2D eigenvalue weighted by Gasteiger charge is -2.21. The average molecular weight is 487 g/mol. The van der Waals surface area contributed by atoms with E-state index < -0.39 is 0 Å². The minimum Gasteiger partial charge on any atom is -0.382 e. The van der Waals surface area contributed by atoms with Gasteiger partial charge in [-0.05, 0) is 37.2 Å². The number of nitrogens with one attached hydrogen (secondary N) is 1. The van der Waals surface area contributed by atoms with Crippen LogP contribution in [0.1, 0.15) is 31.2 Å². The number of benzene rings is 1. The molecule has 3 rings (SSSR count). The normalized spacial score (nSPS) is 24.6. The third-order valence-electron chi connectivity index (χ3n) is 5.33. The van der Waals surface area contributed by atoms with Gasteiger partial charge in [-0.1, -0.05) is 30.3 Å². The largest absolute Gasteiger partial charge is 0.382 e. The predicted octanol–water partition coefficient (Wildman–Crippen LogP) is 3.36. The molecule has 27 heavy (non-hydrogen) atoms. The molecular weight excluding hydrogens is 453 g/mol. The molecule has 0 bridgehead atoms. The summed E-state index contributed by atoms with van der Waals surface area (Å²) in [5, 5.41) is 3.47. The van der Waals surface area contributed by atoms with E-state index in [1.807, 2.05) is 0 Å². The van der Waals surface area contributed by atoms with Crippen LogP contribution in [0.5, 0.6) is 0 Å². The number of halogens is 1. The fraction of sp³-hybridized carbons (Fsp3) is 0.667. The molecule has 2 aliphatic rings. The van der Waals surface area contributed by atoms with Crippen LogP contribution in [0.4, 0.5) is 0 Å². The second kappa shape index (κ2) is 11.9. The highest BCUT2D eigenvalue weighted by Crippen LogP contribution is 2.47. The molecule has 3 atom stereocenters. The monoisotopic (exact) mass is 487 g/mol. The van der Waals surface area contributed by atoms with E-state index >= 15 is 0 Å². The average Bonchev–Trinajstić information content (AvgIpc) is 3.30. The van der Waals surface area contributed by atoms with E-state index in [1.54, 1.807) is 7.11 Å². The van der Waals surface area contributed by atoms with Crippen molar-refractivity contribution in [3.05, 3.63) is 35.9 Å². The Morgan fingerprint density at radius 3 is 2.81 bits per heavy atom. The Morgan fingerprint density at radius 2 is 2.07 bits per heavy atom. The van der Waals surface area contributed by atoms with Crippen molar-refractivity contribution >= 4 is 29.9 Å². The Bertz CT molecular complexity index is 570. The van der Waals surface area contributed by atoms with Crippen LogP contribution >= 0.6 is 24.0 Å². The summed E-state index contributed by atoms with van der Waals surface area (Å²) in [7, 11) is 1.71. The molecule has 1 saturated carbocycles. The summed E-state index contributed by atoms with van der Waals surface area (Å²) in [6.07, 6.45) is 2.44. The summed E-state index contributed by atoms with van der Waals surface area (Å²) in [4.78, 5) is 7.34. The first-order valence-electron chi connectivity index (χ1n) is 9.96. The van der Waals surface area contributed by atoms with Crippen molar-refractivity contribution in [2.24, 2.45) is 16.8 Å². The number of methoxy groups -OCH3 is 1. The van der Waals surface area contributed by atoms with Crippen molar-refractivity contribution in [3.8, 4) is 0 Å². The molecule has 0 radical (unpaired) electrons. The molecule has 1 aliphatic heterocycles. The highest BCUT2D eigenvalue weighted by Gasteiger charge is 2.38. The Morgan fingerprint density at radius 1 is 1.26 bits per heavy atom. The molecule has 0 amide bonds. The number of hydrogen-bond donors (Lipinski definition) is 1. The molecule has 1 aliphatic carbocycles. The van der Waals surface area contributed by atoms with Gasteiger partial charge in [-0.3, -0.25) is 4.99 Å². The fourth-order valence-corrected chi connectivity index (χ4v) is 3.74. The van der Waals surface area contributed by atoms with Crippen LogP contribution in [0, 0.1) is 11.8 Å². The molecular formula is C21H34IN3O2. The van der Waals surface area contributed by atoms with Crippen LogP contribution in [0.15, 0.2) is 35.3 Å². The Kier molecular flexibility index (Phi) is 9.86. The Balaban J connectivity index is 0.00000261. The van der Waals surface area contributed by atoms with Crippen molar-refractivity contribution in [2.75, 3.05) is 53.1 Å². The van der Waals surface area contributed by atoms with E-state index in [-0.39, 0.29) is 24.0 Å². The van der Waals surface area contributed by atoms with E-state index in [4.69, 9.17) is 14.5 Å². The van der Waals surface area contributed by atoms with Gasteiger partial charge < -0.3 is 19.7 Å². The third kappa shape index (κ3) is 6.91. The SMILES string of the molecule is CCNC(=NCC1CC1c1ccccc1)N1CCC(COCCOC)C1.I. The van der Waals surface area contributed by atoms with Crippen molar-refractivity contribution < 1.29 is 9.47 Å². The van der Waals surface area contributed by atoms with Crippen molar-refractivity contribution in [1.29, 1.82) is 0 Å². The van der Waals surface area contributed by atoms with Crippen molar-refractivity contribution in [1.82, 2.24) is 10.2 Å². The molecule has 1 N–H and O–H groups in total. The third-order valence-corrected chi connectivity index (χ3v) is 5.33. The number of ether oxygens (including phenoxy) is 2. The quantitative estimate of drug-likeness (QED) is 0.251. The van der Waals surface area contributed by atoms with Gasteiger partial charge in [0, 0.05) is 39.2 Å². The number of guanidine groups is 1. The van der Waals surface area contributed by atoms with Crippen molar-refractivity contribution in [2.45, 2.75) is 25.7 Å². The number of hydrogen-bond acceptors (Lipinski definition) is 3. The van der Waals surface area contributed by atoms with Gasteiger partial charge in [0.1, 0.15) is 0 Å². The van der Waals surface area contributed by atoms with Crippen LogP contribution < -0.4 is 5.32 Å². The molecule has 0 spiro atoms. The molecule has 1 aromatic carbocycles. The predicted molar refractivity (Wildman–Crippen MR) is 121 cm³/mol. The molecule has 0 aromatic heterocycles. The first-order valence-corrected chi connectivity index (χ1v) is 9.96. The van der Waals surface area contributed by atoms with Crippen LogP contribution in [0.2, 0.25) is 0 Å². The van der Waals surface area contributed by atoms with Crippen LogP contribution in [0.25, 0.3) is 0 Å². The molecule has 3 unspecified atom stereocenters. The molecule has 5 nitrogen and oxygen atoms in total. The van der Waals surface area contributed by atoms with Gasteiger partial charge in [0.15, 0.2) is 5.96 Å². The van der Waals surface area contributed by atoms with Gasteiger partial charge in [0.25, 0.3) is 0 Å². The molecule has 152 valence electrons. The molecule has 1 aromatic rings. The Labute approximate surface area is 180 Å². The lowest BCUT2D eigenvalue weighted by atomic mass is 10.1. The lowest BCUT2D eigenvalue weighted by molar-refractivity contribution is 0.0536. The summed E-state index contributed by atoms with van der Waals surface area (Å²) in [5.74, 6) is 3.06. The first kappa shape index (κ1) is 22.4. The molecule has 1 heterocycles. The zero-order chi connectivity index (χ0) is 18.2. The van der Waals surface area contributed by atoms with Crippen LogP contribution in [-0.2, 0) is 9.47 Å². The maximum Gasteiger partial charge on any atom is 0.193 e. The topological polar surface area (TPSA) is 46.1 Å². The van der Waals surface area contributed by atoms with Crippen molar-refractivity contribution in [3.63, 3.8) is 0 Å². The first-order chi connectivity index (χ1) is 12.8. The van der Waals surface area contributed by atoms with Gasteiger partial charge in [-0.2, -0.15) is 0 Å². The minimum absolute atomic E-state index is 0. The number of aliphatic imine (C=N–C) groups is 1. The summed E-state index contributed by atoms with van der Waals surface area (Å²) >= 11 is 0. The number of nitrogens with zero attached hydrogens (tertiary/aromatic N) is 2. The van der Waals surface area contributed by atoms with Gasteiger partial charge >= 0.3 is 0 Å². The van der Waals surface area contributed by atoms with E-state index in [9.17, 15) is 0 Å². The van der Waals surface area contributed by atoms with Gasteiger partial charge in [-0.15, -0.1) is 24.0 Å². The van der Waals surface area contributed by atoms with E-state index in [0.29, 0.717) is 31.0 Å². The highest BCUT2D eigenvalue weighted by atomic mass is 127. The van der Waals surface area contributed by atoms with Crippen LogP contribution in [0.3, 0.4) is 0 Å². The minimum atomic E-state index is 0. The van der Waals surface area contributed by atoms with Gasteiger partial charge in [0.2, 0.25) is 0 Å². The summed E-state index contributed by atoms with van der Waals surface area (Å²) in [6, 6.07) is 10.8. The second-order valence-corrected chi connectivity index (χ2v) is 7.38. The van der Waals surface area contributed by atoms with E-state index in [0.717, 1.165) is 38.7 Å². The van der Waals surface area contributed by atoms with E-state index in [1.165, 1.54) is 18.4 Å². The second-order valence-electron chi connectivity index (χ2n) is 7.38. The molecule has 2 fully saturated rings. The number of likely N-dealkylation sites (tertiary alicyclic amines) is 1. The standard InChI is InChI=1S/C21H33N3O2.HI/c1-3-22-21(24-10-9-17(15-24)16-26-12-11-25-2)23-14-19-13-20(19)18-7-5-4-6-8-18;/h4-8,17,19-20H,3,9-16H2,1-2H3,(H,22,23);1H. The fourth-order valence-electron chi connectivity index (χ4n) is 3.74. The Hall–Kier alpha value is -0.860. The molecule has 1 saturated heterocycles. The number of rotatable bonds is 9. The van der Waals surface area contributed by atoms with E-state index in [2.05, 4.69) is 47.5 Å². The summed E-state index contributed by atoms with van der Waals surface area (Å²) < 4.78 is 10.7. The summed E-state index contributed by atoms with van der Waals surface area (Å²) in [5.41, 5.74) is 1.46. The zero-order valence-electron chi connectivity index (χ0n) is 16.6. The smallest absolute Gasteiger partial charge is 0.193 e. The van der Waals surface area contributed by atoms with Gasteiger partial charge in [0.05, 0.1) is 19.8 Å². The highest BCUT2D eigenvalue weighted by molar-refractivity contribution is 14.0. The zero-order valence-corrected chi connectivity index (χ0v) is 18.9. The molecule has 6 heteroatoms.